The zero-order chi connectivity index (χ0) is 24.7. The van der Waals surface area contributed by atoms with Crippen molar-refractivity contribution in [3.63, 3.8) is 0 Å². The monoisotopic (exact) mass is 473 g/mol. The van der Waals surface area contributed by atoms with Crippen molar-refractivity contribution < 1.29 is 9.18 Å². The van der Waals surface area contributed by atoms with Crippen molar-refractivity contribution in [1.29, 1.82) is 0 Å². The zero-order valence-electron chi connectivity index (χ0n) is 19.6. The second kappa shape index (κ2) is 8.53. The van der Waals surface area contributed by atoms with Gasteiger partial charge in [-0.25, -0.2) is 9.07 Å². The second-order valence-electron chi connectivity index (χ2n) is 9.11. The Balaban J connectivity index is 1.41. The van der Waals surface area contributed by atoms with Gasteiger partial charge in [0.2, 0.25) is 0 Å². The Hall–Kier alpha value is -4.21. The number of halogens is 1. The fraction of sp³-hybridized carbons (Fsp3) is 0.280. The number of aromatic nitrogens is 6. The molecule has 1 N–H and O–H groups in total. The molecule has 4 aromatic rings. The van der Waals surface area contributed by atoms with Crippen molar-refractivity contribution >= 4 is 5.91 Å². The molecule has 1 atom stereocenters. The van der Waals surface area contributed by atoms with E-state index in [-0.39, 0.29) is 16.9 Å². The molecule has 35 heavy (non-hydrogen) atoms. The Kier molecular flexibility index (Phi) is 5.50. The summed E-state index contributed by atoms with van der Waals surface area (Å²) >= 11 is 0. The molecule has 1 saturated carbocycles. The molecule has 0 unspecified atom stereocenters. The quantitative estimate of drug-likeness (QED) is 0.461. The summed E-state index contributed by atoms with van der Waals surface area (Å²) < 4.78 is 17.9. The van der Waals surface area contributed by atoms with Crippen LogP contribution in [0.15, 0.2) is 59.8 Å². The highest BCUT2D eigenvalue weighted by Gasteiger charge is 2.41. The topological polar surface area (TPSA) is 108 Å². The number of nitrogens with one attached hydrogen (secondary N) is 1. The van der Waals surface area contributed by atoms with E-state index in [1.165, 1.54) is 18.3 Å². The lowest BCUT2D eigenvalue weighted by Crippen LogP contribution is -2.31. The molecule has 1 aromatic carbocycles. The molecule has 3 aromatic heterocycles. The maximum Gasteiger partial charge on any atom is 0.272 e. The van der Waals surface area contributed by atoms with Crippen molar-refractivity contribution in [3.05, 3.63) is 88.0 Å². The Bertz CT molecular complexity index is 1490. The number of amides is 1. The summed E-state index contributed by atoms with van der Waals surface area (Å²) in [5.74, 6) is -0.806. The minimum Gasteiger partial charge on any atom is -0.344 e. The summed E-state index contributed by atoms with van der Waals surface area (Å²) in [4.78, 5) is 29.7. The number of hydrogen-bond donors (Lipinski definition) is 1. The Morgan fingerprint density at radius 2 is 1.97 bits per heavy atom. The third kappa shape index (κ3) is 4.23. The first-order valence-corrected chi connectivity index (χ1v) is 11.3. The van der Waals surface area contributed by atoms with Crippen LogP contribution in [0, 0.1) is 5.82 Å². The lowest BCUT2D eigenvalue weighted by Gasteiger charge is -2.19. The van der Waals surface area contributed by atoms with Crippen molar-refractivity contribution in [1.82, 2.24) is 35.1 Å². The van der Waals surface area contributed by atoms with Crippen molar-refractivity contribution in [2.24, 2.45) is 7.05 Å². The lowest BCUT2D eigenvalue weighted by molar-refractivity contribution is 0.0932. The molecule has 9 nitrogen and oxygen atoms in total. The number of hydrogen-bond acceptors (Lipinski definition) is 6. The van der Waals surface area contributed by atoms with E-state index in [1.54, 1.807) is 43.2 Å². The molecule has 1 fully saturated rings. The van der Waals surface area contributed by atoms with Gasteiger partial charge < -0.3 is 5.32 Å². The normalized spacial score (nSPS) is 15.0. The van der Waals surface area contributed by atoms with E-state index in [4.69, 9.17) is 0 Å². The predicted molar refractivity (Wildman–Crippen MR) is 126 cm³/mol. The van der Waals surface area contributed by atoms with E-state index in [9.17, 15) is 9.59 Å². The lowest BCUT2D eigenvalue weighted by atomic mass is 9.93. The number of benzene rings is 1. The Labute approximate surface area is 200 Å². The molecule has 1 aliphatic carbocycles. The molecule has 178 valence electrons. The smallest absolute Gasteiger partial charge is 0.272 e. The molecule has 0 bridgehead atoms. The summed E-state index contributed by atoms with van der Waals surface area (Å²) in [6.45, 7) is 3.76. The van der Waals surface area contributed by atoms with Crippen molar-refractivity contribution in [2.45, 2.75) is 38.1 Å². The molecule has 1 amide bonds. The summed E-state index contributed by atoms with van der Waals surface area (Å²) in [6, 6.07) is 9.03. The zero-order valence-corrected chi connectivity index (χ0v) is 19.6. The first kappa shape index (κ1) is 22.6. The fourth-order valence-corrected chi connectivity index (χ4v) is 4.11. The van der Waals surface area contributed by atoms with E-state index >= 15 is 4.39 Å². The Morgan fingerprint density at radius 1 is 1.17 bits per heavy atom. The second-order valence-corrected chi connectivity index (χ2v) is 9.11. The Morgan fingerprint density at radius 3 is 2.69 bits per heavy atom. The first-order valence-electron chi connectivity index (χ1n) is 11.3. The molecule has 3 heterocycles. The third-order valence-corrected chi connectivity index (χ3v) is 6.50. The van der Waals surface area contributed by atoms with Crippen molar-refractivity contribution in [2.75, 3.05) is 0 Å². The predicted octanol–water partition coefficient (Wildman–Crippen LogP) is 3.10. The molecule has 0 spiro atoms. The van der Waals surface area contributed by atoms with Crippen LogP contribution < -0.4 is 10.9 Å². The maximum absolute atomic E-state index is 15.2. The minimum absolute atomic E-state index is 0.0229. The van der Waals surface area contributed by atoms with Crippen LogP contribution in [0.1, 0.15) is 54.3 Å². The van der Waals surface area contributed by atoms with Gasteiger partial charge in [-0.3, -0.25) is 14.6 Å². The number of aryl methyl sites for hydroxylation is 1. The number of carbonyl (C=O) groups excluding carboxylic acids is 1. The molecule has 1 aliphatic rings. The van der Waals surface area contributed by atoms with Crippen LogP contribution in [-0.2, 0) is 12.5 Å². The summed E-state index contributed by atoms with van der Waals surface area (Å²) in [5.41, 5.74) is 2.34. The van der Waals surface area contributed by atoms with Crippen LogP contribution in [0.3, 0.4) is 0 Å². The van der Waals surface area contributed by atoms with E-state index in [1.807, 2.05) is 19.1 Å². The molecule has 0 radical (unpaired) electrons. The highest BCUT2D eigenvalue weighted by molar-refractivity contribution is 5.92. The minimum atomic E-state index is -0.589. The van der Waals surface area contributed by atoms with E-state index in [2.05, 4.69) is 25.7 Å². The number of rotatable bonds is 6. The number of nitrogens with zero attached hydrogens (tertiary/aromatic N) is 6. The van der Waals surface area contributed by atoms with Gasteiger partial charge in [0.25, 0.3) is 11.5 Å². The van der Waals surface area contributed by atoms with Gasteiger partial charge in [0.1, 0.15) is 11.5 Å². The third-order valence-electron chi connectivity index (χ3n) is 6.50. The summed E-state index contributed by atoms with van der Waals surface area (Å²) in [7, 11) is 1.75. The fourth-order valence-electron chi connectivity index (χ4n) is 4.11. The average Bonchev–Trinajstić information content (AvgIpc) is 3.45. The molecular weight excluding hydrogens is 449 g/mol. The van der Waals surface area contributed by atoms with Gasteiger partial charge in [0.15, 0.2) is 0 Å². The van der Waals surface area contributed by atoms with Crippen LogP contribution >= 0.6 is 0 Å². The summed E-state index contributed by atoms with van der Waals surface area (Å²) in [6.07, 6.45) is 6.58. The average molecular weight is 474 g/mol. The number of pyridine rings is 1. The van der Waals surface area contributed by atoms with E-state index in [0.29, 0.717) is 28.1 Å². The van der Waals surface area contributed by atoms with Crippen LogP contribution in [-0.4, -0.2) is 35.7 Å². The highest BCUT2D eigenvalue weighted by atomic mass is 19.1. The van der Waals surface area contributed by atoms with Crippen LogP contribution in [0.5, 0.6) is 0 Å². The van der Waals surface area contributed by atoms with E-state index < -0.39 is 17.5 Å². The van der Waals surface area contributed by atoms with Crippen LogP contribution in [0.25, 0.3) is 16.9 Å². The first-order chi connectivity index (χ1) is 16.8. The van der Waals surface area contributed by atoms with Crippen LogP contribution in [0.2, 0.25) is 0 Å². The molecule has 5 rings (SSSR count). The van der Waals surface area contributed by atoms with Gasteiger partial charge >= 0.3 is 0 Å². The number of carbonyl (C=O) groups is 1. The molecule has 10 heteroatoms. The summed E-state index contributed by atoms with van der Waals surface area (Å²) in [5, 5.41) is 14.8. The van der Waals surface area contributed by atoms with Gasteiger partial charge in [-0.05, 0) is 42.9 Å². The van der Waals surface area contributed by atoms with Gasteiger partial charge in [-0.15, -0.1) is 5.10 Å². The van der Waals surface area contributed by atoms with Gasteiger partial charge in [-0.1, -0.05) is 30.3 Å². The van der Waals surface area contributed by atoms with Gasteiger partial charge in [0.05, 0.1) is 29.8 Å². The van der Waals surface area contributed by atoms with Gasteiger partial charge in [-0.2, -0.15) is 9.78 Å². The standard InChI is InChI=1S/C25H24FN7O2/c1-15(18-5-4-6-19(23(18)26)25(2)9-10-25)29-24(35)20-7-8-22(34)33(30-20)17-11-16(12-27-13-17)21-14-28-31-32(21)3/h4-8,11-15H,9-10H2,1-3H3,(H,29,35)/t15-/m1/s1. The molecule has 0 saturated heterocycles. The van der Waals surface area contributed by atoms with Crippen LogP contribution in [0.4, 0.5) is 4.39 Å². The SMILES string of the molecule is C[C@@H](NC(=O)c1ccc(=O)n(-c2cncc(-c3cnnn3C)c2)n1)c1cccc(C2(C)CC2)c1F. The van der Waals surface area contributed by atoms with Crippen molar-refractivity contribution in [3.8, 4) is 16.9 Å². The molecule has 0 aliphatic heterocycles. The largest absolute Gasteiger partial charge is 0.344 e. The maximum atomic E-state index is 15.2. The van der Waals surface area contributed by atoms with E-state index in [0.717, 1.165) is 17.5 Å². The highest BCUT2D eigenvalue weighted by Crippen LogP contribution is 2.49. The van der Waals surface area contributed by atoms with Gasteiger partial charge in [0, 0.05) is 30.4 Å². The molecular formula is C25H24FN7O2.